The van der Waals surface area contributed by atoms with E-state index in [0.29, 0.717) is 6.42 Å². The molecule has 76 valence electrons. The van der Waals surface area contributed by atoms with Crippen molar-refractivity contribution in [2.45, 2.75) is 6.42 Å². The maximum absolute atomic E-state index is 10.5. The number of carbonyl (C=O) groups is 1. The molecule has 0 bridgehead atoms. The lowest BCUT2D eigenvalue weighted by molar-refractivity contribution is 0.0688. The third-order valence-corrected chi connectivity index (χ3v) is 1.38. The summed E-state index contributed by atoms with van der Waals surface area (Å²) in [4.78, 5) is 17.8. The molecule has 1 aromatic rings. The second kappa shape index (κ2) is 5.13. The van der Waals surface area contributed by atoms with Crippen LogP contribution in [-0.2, 0) is 0 Å². The summed E-state index contributed by atoms with van der Waals surface area (Å²) in [5.41, 5.74) is -0.161. The van der Waals surface area contributed by atoms with E-state index in [4.69, 9.17) is 14.9 Å². The summed E-state index contributed by atoms with van der Waals surface area (Å²) in [7, 11) is 0. The molecule has 1 aromatic heterocycles. The van der Waals surface area contributed by atoms with Gasteiger partial charge in [0.15, 0.2) is 5.69 Å². The lowest BCUT2D eigenvalue weighted by Crippen LogP contribution is -2.06. The van der Waals surface area contributed by atoms with E-state index < -0.39 is 5.97 Å². The number of ether oxygens (including phenoxy) is 1. The molecule has 1 heterocycles. The van der Waals surface area contributed by atoms with E-state index in [-0.39, 0.29) is 24.8 Å². The average molecular weight is 198 g/mol. The Morgan fingerprint density at radius 2 is 2.29 bits per heavy atom. The monoisotopic (exact) mass is 198 g/mol. The van der Waals surface area contributed by atoms with Gasteiger partial charge in [0.2, 0.25) is 5.88 Å². The van der Waals surface area contributed by atoms with Gasteiger partial charge in [-0.3, -0.25) is 4.98 Å². The molecule has 0 unspecified atom stereocenters. The van der Waals surface area contributed by atoms with Crippen LogP contribution in [0.5, 0.6) is 5.88 Å². The van der Waals surface area contributed by atoms with Gasteiger partial charge in [-0.25, -0.2) is 9.78 Å². The van der Waals surface area contributed by atoms with Crippen molar-refractivity contribution in [1.29, 1.82) is 0 Å². The standard InChI is InChI=1S/C8H10N2O4/c11-2-1-3-14-7-5-9-4-6(10-7)8(12)13/h4-5,11H,1-3H2,(H,12,13). The zero-order valence-corrected chi connectivity index (χ0v) is 7.38. The first-order chi connectivity index (χ1) is 6.74. The fourth-order valence-electron chi connectivity index (χ4n) is 0.762. The molecule has 0 saturated carbocycles. The number of nitrogens with zero attached hydrogens (tertiary/aromatic N) is 2. The quantitative estimate of drug-likeness (QED) is 0.643. The molecule has 1 rings (SSSR count). The molecule has 0 saturated heterocycles. The van der Waals surface area contributed by atoms with E-state index in [9.17, 15) is 4.79 Å². The highest BCUT2D eigenvalue weighted by Crippen LogP contribution is 2.05. The summed E-state index contributed by atoms with van der Waals surface area (Å²) in [6.45, 7) is 0.306. The van der Waals surface area contributed by atoms with E-state index in [1.165, 1.54) is 6.20 Å². The second-order valence-electron chi connectivity index (χ2n) is 2.47. The van der Waals surface area contributed by atoms with Gasteiger partial charge in [0, 0.05) is 13.0 Å². The van der Waals surface area contributed by atoms with Crippen molar-refractivity contribution in [2.24, 2.45) is 0 Å². The first-order valence-corrected chi connectivity index (χ1v) is 4.03. The Hall–Kier alpha value is -1.69. The summed E-state index contributed by atoms with van der Waals surface area (Å²) in [6.07, 6.45) is 2.93. The van der Waals surface area contributed by atoms with Crippen molar-refractivity contribution in [3.05, 3.63) is 18.1 Å². The van der Waals surface area contributed by atoms with E-state index >= 15 is 0 Å². The normalized spacial score (nSPS) is 9.79. The van der Waals surface area contributed by atoms with Gasteiger partial charge in [0.05, 0.1) is 19.0 Å². The van der Waals surface area contributed by atoms with Crippen molar-refractivity contribution in [1.82, 2.24) is 9.97 Å². The second-order valence-corrected chi connectivity index (χ2v) is 2.47. The fourth-order valence-corrected chi connectivity index (χ4v) is 0.762. The zero-order chi connectivity index (χ0) is 10.4. The van der Waals surface area contributed by atoms with Crippen molar-refractivity contribution in [2.75, 3.05) is 13.2 Å². The van der Waals surface area contributed by atoms with E-state index in [0.717, 1.165) is 6.20 Å². The molecule has 0 amide bonds. The molecule has 0 fully saturated rings. The van der Waals surface area contributed by atoms with Crippen LogP contribution in [0.25, 0.3) is 0 Å². The van der Waals surface area contributed by atoms with E-state index in [1.807, 2.05) is 0 Å². The molecule has 0 aliphatic heterocycles. The summed E-state index contributed by atoms with van der Waals surface area (Å²) in [5, 5.41) is 17.1. The largest absolute Gasteiger partial charge is 0.476 e. The minimum Gasteiger partial charge on any atom is -0.476 e. The first kappa shape index (κ1) is 10.4. The lowest BCUT2D eigenvalue weighted by Gasteiger charge is -2.03. The fraction of sp³-hybridized carbons (Fsp3) is 0.375. The molecule has 6 heteroatoms. The van der Waals surface area contributed by atoms with Crippen LogP contribution in [0.1, 0.15) is 16.9 Å². The maximum Gasteiger partial charge on any atom is 0.356 e. The number of carboxylic acid groups (broad SMARTS) is 1. The molecule has 0 aliphatic rings. The van der Waals surface area contributed by atoms with Crippen LogP contribution in [0.15, 0.2) is 12.4 Å². The van der Waals surface area contributed by atoms with Crippen LogP contribution >= 0.6 is 0 Å². The molecule has 0 radical (unpaired) electrons. The number of carboxylic acids is 1. The molecular formula is C8H10N2O4. The van der Waals surface area contributed by atoms with Gasteiger partial charge in [-0.2, -0.15) is 0 Å². The van der Waals surface area contributed by atoms with Gasteiger partial charge in [-0.05, 0) is 0 Å². The van der Waals surface area contributed by atoms with Crippen LogP contribution in [0, 0.1) is 0 Å². The summed E-state index contributed by atoms with van der Waals surface area (Å²) in [5.74, 6) is -0.997. The van der Waals surface area contributed by atoms with Crippen LogP contribution in [0.3, 0.4) is 0 Å². The zero-order valence-electron chi connectivity index (χ0n) is 7.38. The SMILES string of the molecule is O=C(O)c1cncc(OCCCO)n1. The van der Waals surface area contributed by atoms with Crippen molar-refractivity contribution >= 4 is 5.97 Å². The van der Waals surface area contributed by atoms with Gasteiger partial charge in [0.1, 0.15) is 0 Å². The third-order valence-electron chi connectivity index (χ3n) is 1.38. The Morgan fingerprint density at radius 3 is 2.93 bits per heavy atom. The van der Waals surface area contributed by atoms with Gasteiger partial charge >= 0.3 is 5.97 Å². The smallest absolute Gasteiger partial charge is 0.356 e. The third kappa shape index (κ3) is 2.98. The molecular weight excluding hydrogens is 188 g/mol. The molecule has 0 aliphatic carbocycles. The Morgan fingerprint density at radius 1 is 1.50 bits per heavy atom. The summed E-state index contributed by atoms with van der Waals surface area (Å²) < 4.78 is 5.04. The average Bonchev–Trinajstić information content (AvgIpc) is 2.19. The minimum atomic E-state index is -1.15. The van der Waals surface area contributed by atoms with Crippen molar-refractivity contribution < 1.29 is 19.7 Å². The van der Waals surface area contributed by atoms with Gasteiger partial charge < -0.3 is 14.9 Å². The molecule has 0 spiro atoms. The van der Waals surface area contributed by atoms with E-state index in [2.05, 4.69) is 9.97 Å². The molecule has 0 atom stereocenters. The summed E-state index contributed by atoms with van der Waals surface area (Å²) in [6, 6.07) is 0. The Balaban J connectivity index is 2.59. The summed E-state index contributed by atoms with van der Waals surface area (Å²) >= 11 is 0. The van der Waals surface area contributed by atoms with Crippen LogP contribution < -0.4 is 4.74 Å². The Bertz CT molecular complexity index is 316. The number of hydrogen-bond donors (Lipinski definition) is 2. The predicted molar refractivity (Wildman–Crippen MR) is 46.2 cm³/mol. The topological polar surface area (TPSA) is 92.5 Å². The van der Waals surface area contributed by atoms with Crippen molar-refractivity contribution in [3.63, 3.8) is 0 Å². The number of aliphatic hydroxyl groups excluding tert-OH is 1. The molecule has 2 N–H and O–H groups in total. The number of aliphatic hydroxyl groups is 1. The van der Waals surface area contributed by atoms with Crippen molar-refractivity contribution in [3.8, 4) is 5.88 Å². The lowest BCUT2D eigenvalue weighted by atomic mass is 10.4. The van der Waals surface area contributed by atoms with Gasteiger partial charge in [0.25, 0.3) is 0 Å². The number of aromatic carboxylic acids is 1. The molecule has 0 aromatic carbocycles. The van der Waals surface area contributed by atoms with Gasteiger partial charge in [-0.1, -0.05) is 0 Å². The number of rotatable bonds is 5. The molecule has 14 heavy (non-hydrogen) atoms. The highest BCUT2D eigenvalue weighted by atomic mass is 16.5. The van der Waals surface area contributed by atoms with Crippen LogP contribution in [0.4, 0.5) is 0 Å². The highest BCUT2D eigenvalue weighted by molar-refractivity contribution is 5.84. The van der Waals surface area contributed by atoms with Gasteiger partial charge in [-0.15, -0.1) is 0 Å². The Labute approximate surface area is 80.2 Å². The van der Waals surface area contributed by atoms with Crippen LogP contribution in [-0.4, -0.2) is 39.4 Å². The predicted octanol–water partition coefficient (Wildman–Crippen LogP) is -0.0640. The van der Waals surface area contributed by atoms with E-state index in [1.54, 1.807) is 0 Å². The number of hydrogen-bond acceptors (Lipinski definition) is 5. The minimum absolute atomic E-state index is 0.0199. The van der Waals surface area contributed by atoms with Crippen LogP contribution in [0.2, 0.25) is 0 Å². The highest BCUT2D eigenvalue weighted by Gasteiger charge is 2.06. The first-order valence-electron chi connectivity index (χ1n) is 4.03. The molecule has 6 nitrogen and oxygen atoms in total. The Kier molecular flexibility index (Phi) is 3.81. The number of aromatic nitrogens is 2. The maximum atomic E-state index is 10.5.